The molecule has 0 heterocycles. The lowest BCUT2D eigenvalue weighted by Crippen LogP contribution is -2.34. The van der Waals surface area contributed by atoms with Crippen LogP contribution in [0.2, 0.25) is 0 Å². The molecule has 0 fully saturated rings. The summed E-state index contributed by atoms with van der Waals surface area (Å²) in [7, 11) is 0. The molecular weight excluding hydrogens is 381 g/mol. The molecule has 0 aromatic heterocycles. The van der Waals surface area contributed by atoms with Crippen molar-refractivity contribution >= 4 is 28.7 Å². The Balaban J connectivity index is 2.62. The number of carbonyl (C=O) groups excluding carboxylic acids is 1. The molecular formula is C16H24INO3. The van der Waals surface area contributed by atoms with E-state index in [0.717, 1.165) is 6.42 Å². The van der Waals surface area contributed by atoms with Crippen LogP contribution in [0.5, 0.6) is 0 Å². The smallest absolute Gasteiger partial charge is 0.407 e. The van der Waals surface area contributed by atoms with Crippen LogP contribution in [0.15, 0.2) is 24.3 Å². The number of hydrogen-bond donors (Lipinski definition) is 2. The van der Waals surface area contributed by atoms with Crippen LogP contribution in [0.4, 0.5) is 4.79 Å². The number of halogens is 1. The Morgan fingerprint density at radius 1 is 1.33 bits per heavy atom. The van der Waals surface area contributed by atoms with Crippen molar-refractivity contribution in [3.8, 4) is 0 Å². The molecule has 1 aromatic rings. The van der Waals surface area contributed by atoms with Crippen molar-refractivity contribution in [2.75, 3.05) is 13.2 Å². The fraction of sp³-hybridized carbons (Fsp3) is 0.562. The molecule has 0 saturated heterocycles. The second-order valence-electron chi connectivity index (χ2n) is 6.00. The predicted molar refractivity (Wildman–Crippen MR) is 92.5 cm³/mol. The molecule has 0 spiro atoms. The van der Waals surface area contributed by atoms with E-state index < -0.39 is 11.7 Å². The van der Waals surface area contributed by atoms with E-state index in [4.69, 9.17) is 9.84 Å². The van der Waals surface area contributed by atoms with Crippen LogP contribution in [0.25, 0.3) is 0 Å². The van der Waals surface area contributed by atoms with Crippen molar-refractivity contribution in [3.63, 3.8) is 0 Å². The SMILES string of the molecule is CC(C)(C)OC(=O)NC[C@@H](CCCO)c1ccc(I)cc1. The predicted octanol–water partition coefficient (Wildman–Crippen LogP) is 3.67. The van der Waals surface area contributed by atoms with E-state index >= 15 is 0 Å². The lowest BCUT2D eigenvalue weighted by Gasteiger charge is -2.22. The van der Waals surface area contributed by atoms with E-state index in [1.807, 2.05) is 20.8 Å². The summed E-state index contributed by atoms with van der Waals surface area (Å²) < 4.78 is 6.43. The molecule has 0 aliphatic rings. The quantitative estimate of drug-likeness (QED) is 0.711. The second-order valence-corrected chi connectivity index (χ2v) is 7.24. The Labute approximate surface area is 140 Å². The average Bonchev–Trinajstić information content (AvgIpc) is 2.38. The molecule has 0 radical (unpaired) electrons. The monoisotopic (exact) mass is 405 g/mol. The third-order valence-corrected chi connectivity index (χ3v) is 3.66. The molecule has 0 unspecified atom stereocenters. The molecule has 118 valence electrons. The number of hydrogen-bond acceptors (Lipinski definition) is 3. The minimum atomic E-state index is -0.493. The molecule has 0 aliphatic heterocycles. The molecule has 2 N–H and O–H groups in total. The van der Waals surface area contributed by atoms with Crippen molar-refractivity contribution < 1.29 is 14.6 Å². The topological polar surface area (TPSA) is 58.6 Å². The number of amides is 1. The molecule has 0 aliphatic carbocycles. The summed E-state index contributed by atoms with van der Waals surface area (Å²) in [6.45, 7) is 6.20. The van der Waals surface area contributed by atoms with Crippen LogP contribution >= 0.6 is 22.6 Å². The van der Waals surface area contributed by atoms with E-state index in [1.165, 1.54) is 9.13 Å². The summed E-state index contributed by atoms with van der Waals surface area (Å²) in [6.07, 6.45) is 1.14. The van der Waals surface area contributed by atoms with E-state index in [2.05, 4.69) is 52.2 Å². The molecule has 21 heavy (non-hydrogen) atoms. The van der Waals surface area contributed by atoms with Gasteiger partial charge in [-0.1, -0.05) is 12.1 Å². The molecule has 1 atom stereocenters. The van der Waals surface area contributed by atoms with E-state index in [0.29, 0.717) is 13.0 Å². The molecule has 0 bridgehead atoms. The number of nitrogens with one attached hydrogen (secondary N) is 1. The molecule has 4 nitrogen and oxygen atoms in total. The first-order valence-corrected chi connectivity index (χ1v) is 8.23. The van der Waals surface area contributed by atoms with Gasteiger partial charge in [-0.2, -0.15) is 0 Å². The van der Waals surface area contributed by atoms with Gasteiger partial charge in [0.2, 0.25) is 0 Å². The summed E-state index contributed by atoms with van der Waals surface area (Å²) in [6, 6.07) is 8.24. The zero-order chi connectivity index (χ0) is 15.9. The van der Waals surface area contributed by atoms with Gasteiger partial charge in [-0.05, 0) is 73.9 Å². The van der Waals surface area contributed by atoms with Gasteiger partial charge in [0.1, 0.15) is 5.60 Å². The highest BCUT2D eigenvalue weighted by molar-refractivity contribution is 14.1. The number of aliphatic hydroxyl groups excluding tert-OH is 1. The van der Waals surface area contributed by atoms with Gasteiger partial charge >= 0.3 is 6.09 Å². The van der Waals surface area contributed by atoms with Gasteiger partial charge in [0.25, 0.3) is 0 Å². The van der Waals surface area contributed by atoms with Gasteiger partial charge in [0.15, 0.2) is 0 Å². The van der Waals surface area contributed by atoms with E-state index in [1.54, 1.807) is 0 Å². The van der Waals surface area contributed by atoms with Crippen molar-refractivity contribution in [3.05, 3.63) is 33.4 Å². The van der Waals surface area contributed by atoms with Crippen LogP contribution in [0.3, 0.4) is 0 Å². The standard InChI is InChI=1S/C16H24INO3/c1-16(2,3)21-15(20)18-11-13(5-4-10-19)12-6-8-14(17)9-7-12/h6-9,13,19H,4-5,10-11H2,1-3H3,(H,18,20)/t13-/m1/s1. The molecule has 0 saturated carbocycles. The Morgan fingerprint density at radius 3 is 2.48 bits per heavy atom. The summed E-state index contributed by atoms with van der Waals surface area (Å²) in [5, 5.41) is 11.8. The number of ether oxygens (including phenoxy) is 1. The van der Waals surface area contributed by atoms with E-state index in [9.17, 15) is 4.79 Å². The number of benzene rings is 1. The van der Waals surface area contributed by atoms with Gasteiger partial charge in [0.05, 0.1) is 0 Å². The fourth-order valence-electron chi connectivity index (χ4n) is 1.98. The van der Waals surface area contributed by atoms with Crippen LogP contribution < -0.4 is 5.32 Å². The number of alkyl carbamates (subject to hydrolysis) is 1. The van der Waals surface area contributed by atoms with Crippen molar-refractivity contribution in [1.82, 2.24) is 5.32 Å². The zero-order valence-corrected chi connectivity index (χ0v) is 15.0. The Morgan fingerprint density at radius 2 is 1.95 bits per heavy atom. The van der Waals surface area contributed by atoms with Gasteiger partial charge in [0, 0.05) is 22.6 Å². The summed E-state index contributed by atoms with van der Waals surface area (Å²) in [5.41, 5.74) is 0.674. The highest BCUT2D eigenvalue weighted by Crippen LogP contribution is 2.22. The lowest BCUT2D eigenvalue weighted by atomic mass is 9.94. The summed E-state index contributed by atoms with van der Waals surface area (Å²) in [5.74, 6) is 0.182. The third kappa shape index (κ3) is 7.66. The third-order valence-electron chi connectivity index (χ3n) is 2.94. The first-order valence-electron chi connectivity index (χ1n) is 7.15. The number of carbonyl (C=O) groups is 1. The van der Waals surface area contributed by atoms with Gasteiger partial charge in [-0.15, -0.1) is 0 Å². The Kier molecular flexibility index (Phi) is 7.45. The minimum Gasteiger partial charge on any atom is -0.444 e. The van der Waals surface area contributed by atoms with Crippen LogP contribution in [0, 0.1) is 3.57 Å². The van der Waals surface area contributed by atoms with E-state index in [-0.39, 0.29) is 12.5 Å². The second kappa shape index (κ2) is 8.58. The lowest BCUT2D eigenvalue weighted by molar-refractivity contribution is 0.0523. The Hall–Kier alpha value is -0.820. The van der Waals surface area contributed by atoms with Gasteiger partial charge < -0.3 is 15.2 Å². The molecule has 1 aromatic carbocycles. The van der Waals surface area contributed by atoms with Gasteiger partial charge in [-0.3, -0.25) is 0 Å². The van der Waals surface area contributed by atoms with Crippen molar-refractivity contribution in [1.29, 1.82) is 0 Å². The maximum atomic E-state index is 11.7. The minimum absolute atomic E-state index is 0.160. The van der Waals surface area contributed by atoms with Crippen LogP contribution in [-0.4, -0.2) is 30.0 Å². The fourth-order valence-corrected chi connectivity index (χ4v) is 2.34. The Bertz CT molecular complexity index is 440. The van der Waals surface area contributed by atoms with Crippen LogP contribution in [-0.2, 0) is 4.74 Å². The molecule has 1 amide bonds. The van der Waals surface area contributed by atoms with Crippen molar-refractivity contribution in [2.24, 2.45) is 0 Å². The zero-order valence-electron chi connectivity index (χ0n) is 12.9. The first kappa shape index (κ1) is 18.2. The summed E-state index contributed by atoms with van der Waals surface area (Å²) in [4.78, 5) is 11.7. The highest BCUT2D eigenvalue weighted by Gasteiger charge is 2.18. The molecule has 5 heteroatoms. The number of rotatable bonds is 6. The first-order chi connectivity index (χ1) is 9.81. The van der Waals surface area contributed by atoms with Crippen molar-refractivity contribution in [2.45, 2.75) is 45.1 Å². The van der Waals surface area contributed by atoms with Crippen LogP contribution in [0.1, 0.15) is 45.1 Å². The normalized spacial score (nSPS) is 12.8. The summed E-state index contributed by atoms with van der Waals surface area (Å²) >= 11 is 2.27. The molecule has 1 rings (SSSR count). The maximum Gasteiger partial charge on any atom is 0.407 e. The van der Waals surface area contributed by atoms with Gasteiger partial charge in [-0.25, -0.2) is 4.79 Å². The average molecular weight is 405 g/mol. The number of aliphatic hydroxyl groups is 1. The highest BCUT2D eigenvalue weighted by atomic mass is 127. The largest absolute Gasteiger partial charge is 0.444 e. The maximum absolute atomic E-state index is 11.7.